The molecule has 0 aliphatic rings. The van der Waals surface area contributed by atoms with Crippen molar-refractivity contribution in [3.8, 4) is 0 Å². The molecule has 0 radical (unpaired) electrons. The molecule has 21 heavy (non-hydrogen) atoms. The predicted molar refractivity (Wildman–Crippen MR) is 95.8 cm³/mol. The highest BCUT2D eigenvalue weighted by Gasteiger charge is 2.11. The van der Waals surface area contributed by atoms with E-state index >= 15 is 0 Å². The highest BCUT2D eigenvalue weighted by Crippen LogP contribution is 2.26. The van der Waals surface area contributed by atoms with E-state index in [9.17, 15) is 0 Å². The van der Waals surface area contributed by atoms with Gasteiger partial charge in [-0.15, -0.1) is 0 Å². The molecule has 2 aromatic rings. The van der Waals surface area contributed by atoms with E-state index in [1.807, 2.05) is 36.9 Å². The summed E-state index contributed by atoms with van der Waals surface area (Å²) < 4.78 is 1.06. The number of halogens is 3. The molecule has 0 atom stereocenters. The van der Waals surface area contributed by atoms with E-state index in [0.29, 0.717) is 16.9 Å². The zero-order valence-electron chi connectivity index (χ0n) is 11.6. The van der Waals surface area contributed by atoms with Gasteiger partial charge in [-0.3, -0.25) is 0 Å². The Bertz CT molecular complexity index is 634. The van der Waals surface area contributed by atoms with E-state index in [4.69, 9.17) is 23.2 Å². The summed E-state index contributed by atoms with van der Waals surface area (Å²) in [5.74, 6) is 0.921. The Morgan fingerprint density at radius 3 is 2.48 bits per heavy atom. The summed E-state index contributed by atoms with van der Waals surface area (Å²) >= 11 is 14.4. The van der Waals surface area contributed by atoms with E-state index in [2.05, 4.69) is 42.9 Å². The third-order valence-electron chi connectivity index (χ3n) is 2.82. The number of benzene rings is 1. The maximum absolute atomic E-state index is 6.19. The zero-order valence-corrected chi connectivity index (χ0v) is 15.2. The van der Waals surface area contributed by atoms with Gasteiger partial charge >= 0.3 is 0 Å². The summed E-state index contributed by atoms with van der Waals surface area (Å²) in [6.07, 6.45) is 0. The van der Waals surface area contributed by atoms with Gasteiger partial charge in [0.1, 0.15) is 0 Å². The van der Waals surface area contributed by atoms with Crippen LogP contribution in [0.4, 0.5) is 17.6 Å². The maximum atomic E-state index is 6.19. The number of nitrogens with one attached hydrogen (secondary N) is 1. The SMILES string of the molecule is CCN(CC)c1nc(Cl)nc(Nc2ccc(I)cc2Cl)n1. The molecular weight excluding hydrogens is 424 g/mol. The smallest absolute Gasteiger partial charge is 0.233 e. The Morgan fingerprint density at radius 1 is 1.14 bits per heavy atom. The lowest BCUT2D eigenvalue weighted by Gasteiger charge is -2.19. The molecule has 0 bridgehead atoms. The standard InChI is InChI=1S/C13H14Cl2IN5/c1-3-21(4-2)13-19-11(15)18-12(20-13)17-10-6-5-8(16)7-9(10)14/h5-7H,3-4H2,1-2H3,(H,17,18,19,20). The fourth-order valence-corrected chi connectivity index (χ4v) is 2.81. The number of nitrogens with zero attached hydrogens (tertiary/aromatic N) is 4. The van der Waals surface area contributed by atoms with E-state index in [1.54, 1.807) is 0 Å². The van der Waals surface area contributed by atoms with Crippen LogP contribution >= 0.6 is 45.8 Å². The third-order valence-corrected chi connectivity index (χ3v) is 3.97. The molecule has 112 valence electrons. The number of anilines is 3. The van der Waals surface area contributed by atoms with Crippen LogP contribution in [0.1, 0.15) is 13.8 Å². The van der Waals surface area contributed by atoms with Crippen molar-refractivity contribution in [3.63, 3.8) is 0 Å². The van der Waals surface area contributed by atoms with Gasteiger partial charge in [0.25, 0.3) is 0 Å². The van der Waals surface area contributed by atoms with Gasteiger partial charge < -0.3 is 10.2 Å². The molecule has 0 amide bonds. The molecule has 0 saturated carbocycles. The van der Waals surface area contributed by atoms with Crippen LogP contribution in [0.15, 0.2) is 18.2 Å². The molecule has 0 saturated heterocycles. The average Bonchev–Trinajstić information content (AvgIpc) is 2.43. The first-order valence-electron chi connectivity index (χ1n) is 6.42. The summed E-state index contributed by atoms with van der Waals surface area (Å²) in [6, 6.07) is 5.68. The first-order chi connectivity index (χ1) is 10.0. The fraction of sp³-hybridized carbons (Fsp3) is 0.308. The van der Waals surface area contributed by atoms with Crippen LogP contribution < -0.4 is 10.2 Å². The van der Waals surface area contributed by atoms with Crippen LogP contribution in [0.25, 0.3) is 0 Å². The minimum atomic E-state index is 0.149. The molecule has 1 N–H and O–H groups in total. The lowest BCUT2D eigenvalue weighted by Crippen LogP contribution is -2.24. The quantitative estimate of drug-likeness (QED) is 0.703. The lowest BCUT2D eigenvalue weighted by atomic mass is 10.3. The largest absolute Gasteiger partial charge is 0.341 e. The average molecular weight is 438 g/mol. The summed E-state index contributed by atoms with van der Waals surface area (Å²) in [5.41, 5.74) is 0.727. The van der Waals surface area contributed by atoms with Crippen molar-refractivity contribution < 1.29 is 0 Å². The zero-order chi connectivity index (χ0) is 15.4. The second-order valence-corrected chi connectivity index (χ2v) is 6.14. The molecule has 1 heterocycles. The number of rotatable bonds is 5. The summed E-state index contributed by atoms with van der Waals surface area (Å²) in [6.45, 7) is 5.65. The van der Waals surface area contributed by atoms with Crippen molar-refractivity contribution >= 4 is 63.4 Å². The minimum Gasteiger partial charge on any atom is -0.341 e. The molecule has 2 rings (SSSR count). The normalized spacial score (nSPS) is 10.5. The first kappa shape index (κ1) is 16.5. The maximum Gasteiger partial charge on any atom is 0.233 e. The first-order valence-corrected chi connectivity index (χ1v) is 8.25. The van der Waals surface area contributed by atoms with Crippen LogP contribution in [-0.4, -0.2) is 28.0 Å². The van der Waals surface area contributed by atoms with Gasteiger partial charge in [-0.25, -0.2) is 0 Å². The van der Waals surface area contributed by atoms with Crippen molar-refractivity contribution in [1.82, 2.24) is 15.0 Å². The van der Waals surface area contributed by atoms with E-state index < -0.39 is 0 Å². The van der Waals surface area contributed by atoms with E-state index in [1.165, 1.54) is 0 Å². The van der Waals surface area contributed by atoms with Crippen molar-refractivity contribution in [2.75, 3.05) is 23.3 Å². The van der Waals surface area contributed by atoms with E-state index in [-0.39, 0.29) is 5.28 Å². The summed E-state index contributed by atoms with van der Waals surface area (Å²) in [5, 5.41) is 3.82. The third kappa shape index (κ3) is 4.31. The van der Waals surface area contributed by atoms with Gasteiger partial charge in [0.15, 0.2) is 0 Å². The van der Waals surface area contributed by atoms with Gasteiger partial charge in [0, 0.05) is 16.7 Å². The highest BCUT2D eigenvalue weighted by molar-refractivity contribution is 14.1. The van der Waals surface area contributed by atoms with Crippen LogP contribution in [-0.2, 0) is 0 Å². The Hall–Kier alpha value is -0.860. The van der Waals surface area contributed by atoms with Gasteiger partial charge in [0.2, 0.25) is 17.2 Å². The number of aromatic nitrogens is 3. The molecule has 5 nitrogen and oxygen atoms in total. The summed E-state index contributed by atoms with van der Waals surface area (Å²) in [7, 11) is 0. The minimum absolute atomic E-state index is 0.149. The van der Waals surface area contributed by atoms with Gasteiger partial charge in [-0.1, -0.05) is 11.6 Å². The second-order valence-electron chi connectivity index (χ2n) is 4.15. The van der Waals surface area contributed by atoms with Crippen molar-refractivity contribution in [2.24, 2.45) is 0 Å². The van der Waals surface area contributed by atoms with Gasteiger partial charge in [0.05, 0.1) is 10.7 Å². The molecule has 1 aromatic carbocycles. The highest BCUT2D eigenvalue weighted by atomic mass is 127. The molecular formula is C13H14Cl2IN5. The second kappa shape index (κ2) is 7.42. The van der Waals surface area contributed by atoms with Crippen molar-refractivity contribution in [2.45, 2.75) is 13.8 Å². The fourth-order valence-electron chi connectivity index (χ4n) is 1.75. The number of hydrogen-bond donors (Lipinski definition) is 1. The van der Waals surface area contributed by atoms with Crippen LogP contribution in [0.5, 0.6) is 0 Å². The Balaban J connectivity index is 2.31. The monoisotopic (exact) mass is 437 g/mol. The molecule has 0 aliphatic heterocycles. The van der Waals surface area contributed by atoms with Gasteiger partial charge in [-0.2, -0.15) is 15.0 Å². The van der Waals surface area contributed by atoms with Gasteiger partial charge in [-0.05, 0) is 66.2 Å². The van der Waals surface area contributed by atoms with Crippen LogP contribution in [0.2, 0.25) is 10.3 Å². The Morgan fingerprint density at radius 2 is 1.86 bits per heavy atom. The molecule has 0 fully saturated rings. The lowest BCUT2D eigenvalue weighted by molar-refractivity contribution is 0.814. The molecule has 1 aromatic heterocycles. The molecule has 0 spiro atoms. The van der Waals surface area contributed by atoms with Crippen molar-refractivity contribution in [1.29, 1.82) is 0 Å². The van der Waals surface area contributed by atoms with Crippen LogP contribution in [0, 0.1) is 3.57 Å². The molecule has 0 unspecified atom stereocenters. The Kier molecular flexibility index (Phi) is 5.83. The predicted octanol–water partition coefficient (Wildman–Crippen LogP) is 4.37. The Labute approximate surface area is 147 Å². The number of hydrogen-bond acceptors (Lipinski definition) is 5. The summed E-state index contributed by atoms with van der Waals surface area (Å²) in [4.78, 5) is 14.6. The molecule has 8 heteroatoms. The molecule has 0 aliphatic carbocycles. The topological polar surface area (TPSA) is 53.9 Å². The van der Waals surface area contributed by atoms with E-state index in [0.717, 1.165) is 22.3 Å². The van der Waals surface area contributed by atoms with Crippen LogP contribution in [0.3, 0.4) is 0 Å². The van der Waals surface area contributed by atoms with Crippen molar-refractivity contribution in [3.05, 3.63) is 32.1 Å².